The maximum Gasteiger partial charge on any atom is 0.286 e. The Kier molecular flexibility index (Phi) is 7.06. The summed E-state index contributed by atoms with van der Waals surface area (Å²) in [6.07, 6.45) is 3.90. The molecule has 0 saturated carbocycles. The van der Waals surface area contributed by atoms with E-state index >= 15 is 0 Å². The minimum Gasteiger partial charge on any atom is -0.493 e. The van der Waals surface area contributed by atoms with Gasteiger partial charge >= 0.3 is 0 Å². The third-order valence-electron chi connectivity index (χ3n) is 4.71. The highest BCUT2D eigenvalue weighted by Gasteiger charge is 2.31. The predicted molar refractivity (Wildman–Crippen MR) is 109 cm³/mol. The molecule has 2 amide bonds. The van der Waals surface area contributed by atoms with Gasteiger partial charge in [0.1, 0.15) is 5.75 Å². The summed E-state index contributed by atoms with van der Waals surface area (Å²) >= 11 is 1.03. The maximum atomic E-state index is 11.7. The number of rotatable bonds is 9. The Hall–Kier alpha value is -2.38. The molecule has 1 aromatic heterocycles. The average molecular weight is 401 g/mol. The van der Waals surface area contributed by atoms with E-state index in [0.717, 1.165) is 35.2 Å². The molecule has 3 rings (SSSR count). The number of hydrogen-bond acceptors (Lipinski definition) is 6. The van der Waals surface area contributed by atoms with Gasteiger partial charge in [-0.25, -0.2) is 0 Å². The van der Waals surface area contributed by atoms with E-state index in [4.69, 9.17) is 4.74 Å². The number of imide groups is 1. The minimum atomic E-state index is -0.370. The number of amides is 2. The highest BCUT2D eigenvalue weighted by atomic mass is 32.2. The van der Waals surface area contributed by atoms with Crippen molar-refractivity contribution in [2.45, 2.75) is 37.4 Å². The summed E-state index contributed by atoms with van der Waals surface area (Å²) in [6, 6.07) is 11.6. The van der Waals surface area contributed by atoms with Crippen LogP contribution in [0.2, 0.25) is 0 Å². The van der Waals surface area contributed by atoms with Gasteiger partial charge in [0.15, 0.2) is 0 Å². The van der Waals surface area contributed by atoms with Crippen molar-refractivity contribution in [3.05, 3.63) is 59.4 Å². The summed E-state index contributed by atoms with van der Waals surface area (Å²) in [5.41, 5.74) is 3.06. The average Bonchev–Trinajstić information content (AvgIpc) is 3.03. The van der Waals surface area contributed by atoms with Crippen LogP contribution in [-0.2, 0) is 17.6 Å². The summed E-state index contributed by atoms with van der Waals surface area (Å²) in [4.78, 5) is 27.4. The SMILES string of the molecule is CCc1ccc(C(CCO)COc2ccc(CC3SC(=O)NC3=O)cc2)nc1. The Morgan fingerprint density at radius 3 is 2.50 bits per heavy atom. The van der Waals surface area contributed by atoms with Crippen LogP contribution < -0.4 is 10.1 Å². The molecule has 6 nitrogen and oxygen atoms in total. The molecule has 0 spiro atoms. The van der Waals surface area contributed by atoms with Crippen molar-refractivity contribution in [2.75, 3.05) is 13.2 Å². The van der Waals surface area contributed by atoms with Gasteiger partial charge in [-0.05, 0) is 48.6 Å². The van der Waals surface area contributed by atoms with E-state index in [9.17, 15) is 14.7 Å². The zero-order valence-electron chi connectivity index (χ0n) is 15.8. The van der Waals surface area contributed by atoms with Crippen molar-refractivity contribution in [3.63, 3.8) is 0 Å². The van der Waals surface area contributed by atoms with Gasteiger partial charge in [-0.2, -0.15) is 0 Å². The highest BCUT2D eigenvalue weighted by Crippen LogP contribution is 2.25. The molecule has 2 heterocycles. The Morgan fingerprint density at radius 2 is 1.93 bits per heavy atom. The first-order valence-electron chi connectivity index (χ1n) is 9.38. The molecule has 7 heteroatoms. The lowest BCUT2D eigenvalue weighted by Crippen LogP contribution is -2.25. The molecule has 0 radical (unpaired) electrons. The van der Waals surface area contributed by atoms with Gasteiger partial charge in [0.05, 0.1) is 11.9 Å². The quantitative estimate of drug-likeness (QED) is 0.672. The lowest BCUT2D eigenvalue weighted by Gasteiger charge is -2.17. The van der Waals surface area contributed by atoms with Crippen molar-refractivity contribution in [1.29, 1.82) is 0 Å². The number of aliphatic hydroxyl groups excluding tert-OH is 1. The molecule has 28 heavy (non-hydrogen) atoms. The van der Waals surface area contributed by atoms with E-state index in [2.05, 4.69) is 23.3 Å². The van der Waals surface area contributed by atoms with Gasteiger partial charge in [-0.1, -0.05) is 36.9 Å². The maximum absolute atomic E-state index is 11.7. The van der Waals surface area contributed by atoms with Crippen molar-refractivity contribution < 1.29 is 19.4 Å². The molecule has 2 atom stereocenters. The largest absolute Gasteiger partial charge is 0.493 e. The molecule has 2 aromatic rings. The van der Waals surface area contributed by atoms with Crippen molar-refractivity contribution in [2.24, 2.45) is 0 Å². The van der Waals surface area contributed by atoms with E-state index in [-0.39, 0.29) is 28.9 Å². The smallest absolute Gasteiger partial charge is 0.286 e. The minimum absolute atomic E-state index is 0.0141. The fourth-order valence-corrected chi connectivity index (χ4v) is 3.88. The Morgan fingerprint density at radius 1 is 1.18 bits per heavy atom. The number of aliphatic hydroxyl groups is 1. The molecular formula is C21H24N2O4S. The van der Waals surface area contributed by atoms with Gasteiger partial charge in [-0.3, -0.25) is 19.9 Å². The molecule has 2 N–H and O–H groups in total. The standard InChI is InChI=1S/C21H24N2O4S/c1-2-14-5-8-18(22-12-14)16(9-10-24)13-27-17-6-3-15(4-7-17)11-19-20(25)23-21(26)28-19/h3-8,12,16,19,24H,2,9-11,13H2,1H3,(H,23,25,26). The molecule has 1 fully saturated rings. The molecule has 2 unspecified atom stereocenters. The number of aryl methyl sites for hydroxylation is 1. The molecule has 1 aliphatic heterocycles. The van der Waals surface area contributed by atoms with E-state index in [1.165, 1.54) is 5.56 Å². The number of carbonyl (C=O) groups is 2. The molecule has 148 valence electrons. The third-order valence-corrected chi connectivity index (χ3v) is 5.70. The number of hydrogen-bond donors (Lipinski definition) is 2. The molecule has 1 aromatic carbocycles. The van der Waals surface area contributed by atoms with Crippen LogP contribution in [0.15, 0.2) is 42.6 Å². The van der Waals surface area contributed by atoms with Crippen LogP contribution in [0.3, 0.4) is 0 Å². The van der Waals surface area contributed by atoms with Gasteiger partial charge in [0.25, 0.3) is 5.24 Å². The number of thioether (sulfide) groups is 1. The van der Waals surface area contributed by atoms with Crippen LogP contribution in [0.25, 0.3) is 0 Å². The van der Waals surface area contributed by atoms with Gasteiger partial charge in [0.2, 0.25) is 5.91 Å². The lowest BCUT2D eigenvalue weighted by atomic mass is 10.0. The highest BCUT2D eigenvalue weighted by molar-refractivity contribution is 8.15. The van der Waals surface area contributed by atoms with Crippen LogP contribution in [-0.4, -0.2) is 39.7 Å². The normalized spacial score (nSPS) is 17.4. The van der Waals surface area contributed by atoms with Gasteiger partial charge < -0.3 is 9.84 Å². The van der Waals surface area contributed by atoms with Crippen LogP contribution in [0, 0.1) is 0 Å². The summed E-state index contributed by atoms with van der Waals surface area (Å²) < 4.78 is 5.91. The number of nitrogens with one attached hydrogen (secondary N) is 1. The van der Waals surface area contributed by atoms with Crippen LogP contribution in [0.4, 0.5) is 4.79 Å². The molecular weight excluding hydrogens is 376 g/mol. The van der Waals surface area contributed by atoms with Crippen molar-refractivity contribution >= 4 is 22.9 Å². The zero-order valence-corrected chi connectivity index (χ0v) is 16.6. The predicted octanol–water partition coefficient (Wildman–Crippen LogP) is 3.08. The van der Waals surface area contributed by atoms with Crippen molar-refractivity contribution in [1.82, 2.24) is 10.3 Å². The van der Waals surface area contributed by atoms with Gasteiger partial charge in [0, 0.05) is 24.4 Å². The summed E-state index contributed by atoms with van der Waals surface area (Å²) in [7, 11) is 0. The monoisotopic (exact) mass is 400 g/mol. The number of pyridine rings is 1. The van der Waals surface area contributed by atoms with Crippen molar-refractivity contribution in [3.8, 4) is 5.75 Å². The molecule has 1 aliphatic rings. The lowest BCUT2D eigenvalue weighted by molar-refractivity contribution is -0.118. The summed E-state index contributed by atoms with van der Waals surface area (Å²) in [5.74, 6) is 0.500. The topological polar surface area (TPSA) is 88.5 Å². The van der Waals surface area contributed by atoms with Crippen LogP contribution >= 0.6 is 11.8 Å². The van der Waals surface area contributed by atoms with Gasteiger partial charge in [-0.15, -0.1) is 0 Å². The Bertz CT molecular complexity index is 808. The third kappa shape index (κ3) is 5.33. The zero-order chi connectivity index (χ0) is 19.9. The first kappa shape index (κ1) is 20.4. The number of ether oxygens (including phenoxy) is 1. The number of nitrogens with zero attached hydrogens (tertiary/aromatic N) is 1. The molecule has 1 saturated heterocycles. The number of aromatic nitrogens is 1. The van der Waals surface area contributed by atoms with E-state index in [1.54, 1.807) is 0 Å². The second kappa shape index (κ2) is 9.71. The van der Waals surface area contributed by atoms with Crippen LogP contribution in [0.1, 0.15) is 36.1 Å². The second-order valence-corrected chi connectivity index (χ2v) is 7.87. The van der Waals surface area contributed by atoms with E-state index in [1.807, 2.05) is 36.5 Å². The first-order valence-corrected chi connectivity index (χ1v) is 10.3. The summed E-state index contributed by atoms with van der Waals surface area (Å²) in [5, 5.41) is 11.0. The fourth-order valence-electron chi connectivity index (χ4n) is 3.02. The van der Waals surface area contributed by atoms with E-state index in [0.29, 0.717) is 19.4 Å². The second-order valence-electron chi connectivity index (χ2n) is 6.70. The fraction of sp³-hybridized carbons (Fsp3) is 0.381. The van der Waals surface area contributed by atoms with E-state index < -0.39 is 0 Å². The Balaban J connectivity index is 1.57. The molecule has 0 bridgehead atoms. The number of carbonyl (C=O) groups excluding carboxylic acids is 2. The Labute approximate surface area is 168 Å². The first-order chi connectivity index (χ1) is 13.6. The summed E-state index contributed by atoms with van der Waals surface area (Å²) in [6.45, 7) is 2.59. The van der Waals surface area contributed by atoms with Crippen LogP contribution in [0.5, 0.6) is 5.75 Å². The molecule has 0 aliphatic carbocycles. The number of benzene rings is 1.